The van der Waals surface area contributed by atoms with Crippen LogP contribution in [-0.2, 0) is 13.0 Å². The molecule has 168 valence electrons. The van der Waals surface area contributed by atoms with Gasteiger partial charge in [-0.15, -0.1) is 22.7 Å². The molecule has 0 radical (unpaired) electrons. The van der Waals surface area contributed by atoms with Crippen molar-refractivity contribution in [1.82, 2.24) is 15.1 Å². The summed E-state index contributed by atoms with van der Waals surface area (Å²) in [6.45, 7) is 1.18. The van der Waals surface area contributed by atoms with E-state index in [1.807, 2.05) is 6.07 Å². The van der Waals surface area contributed by atoms with E-state index in [-0.39, 0.29) is 33.6 Å². The van der Waals surface area contributed by atoms with Crippen LogP contribution in [-0.4, -0.2) is 27.9 Å². The molecule has 0 unspecified atom stereocenters. The predicted molar refractivity (Wildman–Crippen MR) is 110 cm³/mol. The standard InChI is InChI=1S/C20H15F5N4OS2/c1-9-16(29(2)28-17(9)19(21,22)20(23,24)25)14-5-10(8-31-14)13-6-12(15(7-26)32-13)18(30)27-11-3-4-11/h5-6,8,11H,3-4H2,1-2H3,(H,27,30). The maximum absolute atomic E-state index is 13.9. The molecular weight excluding hydrogens is 471 g/mol. The van der Waals surface area contributed by atoms with Crippen LogP contribution in [0, 0.1) is 18.3 Å². The first-order valence-electron chi connectivity index (χ1n) is 9.36. The summed E-state index contributed by atoms with van der Waals surface area (Å²) in [5, 5.41) is 17.4. The van der Waals surface area contributed by atoms with Gasteiger partial charge in [-0.05, 0) is 31.9 Å². The molecule has 1 saturated carbocycles. The van der Waals surface area contributed by atoms with Gasteiger partial charge in [0, 0.05) is 34.5 Å². The maximum atomic E-state index is 13.9. The van der Waals surface area contributed by atoms with E-state index in [1.54, 1.807) is 17.5 Å². The summed E-state index contributed by atoms with van der Waals surface area (Å²) in [6, 6.07) is 5.35. The minimum atomic E-state index is -5.76. The SMILES string of the molecule is Cc1c(C(F)(F)C(F)(F)F)nn(C)c1-c1cc(-c2cc(C(=O)NC3CC3)c(C#N)s2)cs1. The van der Waals surface area contributed by atoms with Gasteiger partial charge in [0.1, 0.15) is 16.6 Å². The van der Waals surface area contributed by atoms with Gasteiger partial charge in [0.15, 0.2) is 0 Å². The maximum Gasteiger partial charge on any atom is 0.459 e. The molecule has 1 fully saturated rings. The van der Waals surface area contributed by atoms with E-state index in [4.69, 9.17) is 0 Å². The van der Waals surface area contributed by atoms with Crippen LogP contribution in [0.4, 0.5) is 22.0 Å². The van der Waals surface area contributed by atoms with Gasteiger partial charge < -0.3 is 5.32 Å². The summed E-state index contributed by atoms with van der Waals surface area (Å²) in [4.78, 5) is 13.7. The molecule has 0 saturated heterocycles. The van der Waals surface area contributed by atoms with Crippen molar-refractivity contribution in [1.29, 1.82) is 5.26 Å². The normalized spacial score (nSPS) is 14.4. The molecule has 32 heavy (non-hydrogen) atoms. The number of aromatic nitrogens is 2. The minimum Gasteiger partial charge on any atom is -0.349 e. The van der Waals surface area contributed by atoms with Gasteiger partial charge >= 0.3 is 12.1 Å². The Hall–Kier alpha value is -2.78. The zero-order chi connectivity index (χ0) is 23.4. The number of aryl methyl sites for hydroxylation is 1. The number of alkyl halides is 5. The Morgan fingerprint density at radius 3 is 2.53 bits per heavy atom. The van der Waals surface area contributed by atoms with Gasteiger partial charge in [-0.25, -0.2) is 0 Å². The molecule has 0 bridgehead atoms. The molecule has 1 N–H and O–H groups in total. The zero-order valence-electron chi connectivity index (χ0n) is 16.7. The van der Waals surface area contributed by atoms with Crippen LogP contribution in [0.25, 0.3) is 21.0 Å². The Labute approximate surface area is 187 Å². The van der Waals surface area contributed by atoms with E-state index in [2.05, 4.69) is 10.4 Å². The smallest absolute Gasteiger partial charge is 0.349 e. The van der Waals surface area contributed by atoms with E-state index < -0.39 is 17.8 Å². The summed E-state index contributed by atoms with van der Waals surface area (Å²) in [5.74, 6) is -5.41. The average molecular weight is 486 g/mol. The third kappa shape index (κ3) is 3.80. The summed E-state index contributed by atoms with van der Waals surface area (Å²) in [5.41, 5.74) is -0.572. The van der Waals surface area contributed by atoms with Crippen LogP contribution < -0.4 is 5.32 Å². The second-order valence-corrected chi connectivity index (χ2v) is 9.39. The van der Waals surface area contributed by atoms with E-state index in [1.165, 1.54) is 14.0 Å². The number of carbonyl (C=O) groups excluding carboxylic acids is 1. The fourth-order valence-electron chi connectivity index (χ4n) is 3.27. The van der Waals surface area contributed by atoms with Crippen LogP contribution >= 0.6 is 22.7 Å². The van der Waals surface area contributed by atoms with Gasteiger partial charge in [-0.1, -0.05) is 0 Å². The largest absolute Gasteiger partial charge is 0.459 e. The van der Waals surface area contributed by atoms with Crippen molar-refractivity contribution in [3.05, 3.63) is 39.2 Å². The van der Waals surface area contributed by atoms with Crippen molar-refractivity contribution in [3.8, 4) is 27.1 Å². The Bertz CT molecular complexity index is 1240. The number of halogens is 5. The number of amides is 1. The number of nitrogens with one attached hydrogen (secondary N) is 1. The second-order valence-electron chi connectivity index (χ2n) is 7.43. The Morgan fingerprint density at radius 1 is 1.25 bits per heavy atom. The van der Waals surface area contributed by atoms with Crippen LogP contribution in [0.5, 0.6) is 0 Å². The van der Waals surface area contributed by atoms with E-state index in [0.717, 1.165) is 40.2 Å². The number of thiophene rings is 2. The lowest BCUT2D eigenvalue weighted by atomic mass is 10.1. The molecule has 0 atom stereocenters. The number of hydrogen-bond acceptors (Lipinski definition) is 5. The van der Waals surface area contributed by atoms with E-state index >= 15 is 0 Å². The lowest BCUT2D eigenvalue weighted by Gasteiger charge is -2.18. The quantitative estimate of drug-likeness (QED) is 0.477. The molecule has 1 aliphatic rings. The Balaban J connectivity index is 1.69. The zero-order valence-corrected chi connectivity index (χ0v) is 18.3. The number of carbonyl (C=O) groups is 1. The molecule has 4 rings (SSSR count). The van der Waals surface area contributed by atoms with Gasteiger partial charge in [-0.3, -0.25) is 9.48 Å². The molecule has 0 spiro atoms. The lowest BCUT2D eigenvalue weighted by Crippen LogP contribution is -2.34. The number of nitrogens with zero attached hydrogens (tertiary/aromatic N) is 3. The van der Waals surface area contributed by atoms with Crippen LogP contribution in [0.3, 0.4) is 0 Å². The molecular formula is C20H15F5N4OS2. The average Bonchev–Trinajstić information content (AvgIpc) is 3.12. The Kier molecular flexibility index (Phi) is 5.37. The van der Waals surface area contributed by atoms with Gasteiger partial charge in [0.2, 0.25) is 0 Å². The van der Waals surface area contributed by atoms with Crippen molar-refractivity contribution < 1.29 is 26.7 Å². The molecule has 12 heteroatoms. The molecule has 3 heterocycles. The fourth-order valence-corrected chi connectivity index (χ4v) is 5.33. The molecule has 1 amide bonds. The summed E-state index contributed by atoms with van der Waals surface area (Å²) >= 11 is 2.26. The number of nitriles is 1. The molecule has 1 aliphatic carbocycles. The monoisotopic (exact) mass is 486 g/mol. The van der Waals surface area contributed by atoms with Crippen LogP contribution in [0.15, 0.2) is 17.5 Å². The van der Waals surface area contributed by atoms with Crippen molar-refractivity contribution in [2.24, 2.45) is 7.05 Å². The Morgan fingerprint density at radius 2 is 1.94 bits per heavy atom. The van der Waals surface area contributed by atoms with Crippen molar-refractivity contribution in [3.63, 3.8) is 0 Å². The molecule has 0 aliphatic heterocycles. The van der Waals surface area contributed by atoms with Gasteiger partial charge in [-0.2, -0.15) is 32.3 Å². The third-order valence-corrected chi connectivity index (χ3v) is 7.07. The third-order valence-electron chi connectivity index (χ3n) is 5.05. The number of rotatable bonds is 5. The van der Waals surface area contributed by atoms with Gasteiger partial charge in [0.05, 0.1) is 16.1 Å². The first-order valence-corrected chi connectivity index (χ1v) is 11.1. The second kappa shape index (κ2) is 7.67. The molecule has 3 aromatic heterocycles. The van der Waals surface area contributed by atoms with Crippen molar-refractivity contribution in [2.75, 3.05) is 0 Å². The van der Waals surface area contributed by atoms with Crippen LogP contribution in [0.1, 0.15) is 39.3 Å². The highest BCUT2D eigenvalue weighted by atomic mass is 32.1. The lowest BCUT2D eigenvalue weighted by molar-refractivity contribution is -0.291. The highest BCUT2D eigenvalue weighted by Crippen LogP contribution is 2.47. The van der Waals surface area contributed by atoms with E-state index in [9.17, 15) is 32.0 Å². The topological polar surface area (TPSA) is 70.7 Å². The minimum absolute atomic E-state index is 0.127. The molecule has 5 nitrogen and oxygen atoms in total. The summed E-state index contributed by atoms with van der Waals surface area (Å²) in [6.07, 6.45) is -3.96. The summed E-state index contributed by atoms with van der Waals surface area (Å²) in [7, 11) is 1.30. The van der Waals surface area contributed by atoms with Gasteiger partial charge in [0.25, 0.3) is 5.91 Å². The molecule has 3 aromatic rings. The van der Waals surface area contributed by atoms with Crippen molar-refractivity contribution >= 4 is 28.6 Å². The fraction of sp³-hybridized carbons (Fsp3) is 0.350. The molecule has 0 aromatic carbocycles. The first kappa shape index (κ1) is 22.4. The van der Waals surface area contributed by atoms with E-state index in [0.29, 0.717) is 15.3 Å². The highest BCUT2D eigenvalue weighted by molar-refractivity contribution is 7.17. The first-order chi connectivity index (χ1) is 14.9. The number of hydrogen-bond donors (Lipinski definition) is 1. The van der Waals surface area contributed by atoms with Crippen molar-refractivity contribution in [2.45, 2.75) is 37.9 Å². The highest BCUT2D eigenvalue weighted by Gasteiger charge is 2.61. The predicted octanol–water partition coefficient (Wildman–Crippen LogP) is 5.60. The summed E-state index contributed by atoms with van der Waals surface area (Å²) < 4.78 is 67.3. The van der Waals surface area contributed by atoms with Crippen LogP contribution in [0.2, 0.25) is 0 Å².